The zero-order valence-corrected chi connectivity index (χ0v) is 10.6. The number of ketones is 1. The van der Waals surface area contributed by atoms with E-state index in [0.717, 1.165) is 5.56 Å². The van der Waals surface area contributed by atoms with Gasteiger partial charge in [0.15, 0.2) is 5.78 Å². The summed E-state index contributed by atoms with van der Waals surface area (Å²) in [5.41, 5.74) is 2.16. The normalized spacial score (nSPS) is 9.68. The first-order chi connectivity index (χ1) is 9.19. The quantitative estimate of drug-likeness (QED) is 0.783. The number of hydrogen-bond acceptors (Lipinski definition) is 3. The number of benzene rings is 2. The van der Waals surface area contributed by atoms with E-state index in [1.54, 1.807) is 36.4 Å². The van der Waals surface area contributed by atoms with E-state index in [1.807, 2.05) is 12.1 Å². The SMILES string of the molecule is CC(=O)c1cccc(OCc2cccc(C#N)c2)c1. The van der Waals surface area contributed by atoms with Crippen molar-refractivity contribution in [2.75, 3.05) is 0 Å². The van der Waals surface area contributed by atoms with Gasteiger partial charge < -0.3 is 4.74 Å². The summed E-state index contributed by atoms with van der Waals surface area (Å²) in [6.07, 6.45) is 0. The van der Waals surface area contributed by atoms with E-state index in [-0.39, 0.29) is 5.78 Å². The van der Waals surface area contributed by atoms with Crippen LogP contribution in [0.25, 0.3) is 0 Å². The Morgan fingerprint density at radius 3 is 2.74 bits per heavy atom. The topological polar surface area (TPSA) is 50.1 Å². The Morgan fingerprint density at radius 2 is 2.00 bits per heavy atom. The summed E-state index contributed by atoms with van der Waals surface area (Å²) in [5, 5.41) is 8.82. The van der Waals surface area contributed by atoms with Crippen molar-refractivity contribution in [1.29, 1.82) is 5.26 Å². The molecule has 0 aliphatic heterocycles. The van der Waals surface area contributed by atoms with Crippen molar-refractivity contribution in [2.24, 2.45) is 0 Å². The minimum atomic E-state index is 0.0110. The molecule has 0 bridgehead atoms. The van der Waals surface area contributed by atoms with E-state index in [1.165, 1.54) is 6.92 Å². The number of rotatable bonds is 4. The van der Waals surface area contributed by atoms with Crippen molar-refractivity contribution in [2.45, 2.75) is 13.5 Å². The lowest BCUT2D eigenvalue weighted by Crippen LogP contribution is -1.98. The van der Waals surface area contributed by atoms with Gasteiger partial charge in [0.05, 0.1) is 11.6 Å². The summed E-state index contributed by atoms with van der Waals surface area (Å²) in [5.74, 6) is 0.659. The predicted molar refractivity (Wildman–Crippen MR) is 71.9 cm³/mol. The van der Waals surface area contributed by atoms with Gasteiger partial charge in [-0.3, -0.25) is 4.79 Å². The van der Waals surface area contributed by atoms with Gasteiger partial charge in [-0.05, 0) is 36.8 Å². The van der Waals surface area contributed by atoms with Crippen LogP contribution in [0.4, 0.5) is 0 Å². The molecule has 0 amide bonds. The first kappa shape index (κ1) is 12.8. The molecular weight excluding hydrogens is 238 g/mol. The van der Waals surface area contributed by atoms with Gasteiger partial charge in [0.1, 0.15) is 12.4 Å². The standard InChI is InChI=1S/C16H13NO2/c1-12(18)15-6-3-7-16(9-15)19-11-14-5-2-4-13(8-14)10-17/h2-9H,11H2,1H3. The van der Waals surface area contributed by atoms with Crippen molar-refractivity contribution >= 4 is 5.78 Å². The summed E-state index contributed by atoms with van der Waals surface area (Å²) in [7, 11) is 0. The first-order valence-electron chi connectivity index (χ1n) is 5.92. The molecule has 0 N–H and O–H groups in total. The van der Waals surface area contributed by atoms with Gasteiger partial charge in [0, 0.05) is 5.56 Å². The lowest BCUT2D eigenvalue weighted by molar-refractivity contribution is 0.101. The second-order valence-corrected chi connectivity index (χ2v) is 4.18. The monoisotopic (exact) mass is 251 g/mol. The van der Waals surface area contributed by atoms with Gasteiger partial charge in [-0.2, -0.15) is 5.26 Å². The van der Waals surface area contributed by atoms with Crippen LogP contribution in [-0.4, -0.2) is 5.78 Å². The van der Waals surface area contributed by atoms with Crippen LogP contribution in [0.3, 0.4) is 0 Å². The lowest BCUT2D eigenvalue weighted by atomic mass is 10.1. The first-order valence-corrected chi connectivity index (χ1v) is 5.92. The van der Waals surface area contributed by atoms with Crippen molar-refractivity contribution in [3.8, 4) is 11.8 Å². The van der Waals surface area contributed by atoms with Crippen LogP contribution >= 0.6 is 0 Å². The molecule has 0 aliphatic rings. The molecule has 2 aromatic carbocycles. The van der Waals surface area contributed by atoms with Gasteiger partial charge in [0.25, 0.3) is 0 Å². The molecule has 0 radical (unpaired) electrons. The van der Waals surface area contributed by atoms with Crippen LogP contribution < -0.4 is 4.74 Å². The van der Waals surface area contributed by atoms with E-state index >= 15 is 0 Å². The van der Waals surface area contributed by atoms with E-state index in [0.29, 0.717) is 23.5 Å². The molecule has 2 rings (SSSR count). The molecule has 0 saturated carbocycles. The van der Waals surface area contributed by atoms with Crippen LogP contribution in [0.1, 0.15) is 28.4 Å². The fourth-order valence-electron chi connectivity index (χ4n) is 1.70. The molecule has 0 atom stereocenters. The number of nitriles is 1. The minimum Gasteiger partial charge on any atom is -0.489 e. The average Bonchev–Trinajstić information content (AvgIpc) is 2.45. The molecule has 0 unspecified atom stereocenters. The second kappa shape index (κ2) is 5.83. The zero-order chi connectivity index (χ0) is 13.7. The summed E-state index contributed by atoms with van der Waals surface area (Å²) in [6.45, 7) is 1.90. The van der Waals surface area contributed by atoms with Gasteiger partial charge in [-0.1, -0.05) is 24.3 Å². The number of carbonyl (C=O) groups is 1. The highest BCUT2D eigenvalue weighted by Crippen LogP contribution is 2.16. The molecule has 0 heterocycles. The fourth-order valence-corrected chi connectivity index (χ4v) is 1.70. The average molecular weight is 251 g/mol. The van der Waals surface area contributed by atoms with Gasteiger partial charge in [-0.15, -0.1) is 0 Å². The summed E-state index contributed by atoms with van der Waals surface area (Å²) in [6, 6.07) is 16.4. The number of ether oxygens (including phenoxy) is 1. The highest BCUT2D eigenvalue weighted by molar-refractivity contribution is 5.94. The lowest BCUT2D eigenvalue weighted by Gasteiger charge is -2.07. The number of Topliss-reactive ketones (excluding diaryl/α,β-unsaturated/α-hetero) is 1. The predicted octanol–water partition coefficient (Wildman–Crippen LogP) is 3.34. The molecule has 3 heteroatoms. The van der Waals surface area contributed by atoms with Crippen LogP contribution in [0, 0.1) is 11.3 Å². The van der Waals surface area contributed by atoms with Crippen LogP contribution in [-0.2, 0) is 6.61 Å². The third-order valence-electron chi connectivity index (χ3n) is 2.70. The van der Waals surface area contributed by atoms with Crippen molar-refractivity contribution in [3.05, 3.63) is 65.2 Å². The molecule has 0 saturated heterocycles. The minimum absolute atomic E-state index is 0.0110. The smallest absolute Gasteiger partial charge is 0.159 e. The summed E-state index contributed by atoms with van der Waals surface area (Å²) >= 11 is 0. The van der Waals surface area contributed by atoms with Crippen molar-refractivity contribution < 1.29 is 9.53 Å². The van der Waals surface area contributed by atoms with Gasteiger partial charge >= 0.3 is 0 Å². The molecule has 94 valence electrons. The highest BCUT2D eigenvalue weighted by atomic mass is 16.5. The Kier molecular flexibility index (Phi) is 3.94. The fraction of sp³-hybridized carbons (Fsp3) is 0.125. The molecule has 0 aromatic heterocycles. The Balaban J connectivity index is 2.08. The Bertz CT molecular complexity index is 641. The second-order valence-electron chi connectivity index (χ2n) is 4.18. The van der Waals surface area contributed by atoms with Crippen LogP contribution in [0.15, 0.2) is 48.5 Å². The van der Waals surface area contributed by atoms with E-state index < -0.39 is 0 Å². The van der Waals surface area contributed by atoms with E-state index in [4.69, 9.17) is 10.00 Å². The Labute approximate surface area is 112 Å². The Hall–Kier alpha value is -2.60. The zero-order valence-electron chi connectivity index (χ0n) is 10.6. The molecule has 0 spiro atoms. The number of hydrogen-bond donors (Lipinski definition) is 0. The molecule has 2 aromatic rings. The maximum atomic E-state index is 11.3. The summed E-state index contributed by atoms with van der Waals surface area (Å²) in [4.78, 5) is 11.3. The number of carbonyl (C=O) groups excluding carboxylic acids is 1. The van der Waals surface area contributed by atoms with Crippen molar-refractivity contribution in [3.63, 3.8) is 0 Å². The third kappa shape index (κ3) is 3.43. The third-order valence-corrected chi connectivity index (χ3v) is 2.70. The van der Waals surface area contributed by atoms with Crippen LogP contribution in [0.5, 0.6) is 5.75 Å². The Morgan fingerprint density at radius 1 is 1.21 bits per heavy atom. The van der Waals surface area contributed by atoms with Gasteiger partial charge in [0.2, 0.25) is 0 Å². The van der Waals surface area contributed by atoms with Crippen molar-refractivity contribution in [1.82, 2.24) is 0 Å². The molecule has 0 fully saturated rings. The molecule has 0 aliphatic carbocycles. The maximum absolute atomic E-state index is 11.3. The van der Waals surface area contributed by atoms with Gasteiger partial charge in [-0.25, -0.2) is 0 Å². The maximum Gasteiger partial charge on any atom is 0.159 e. The molecular formula is C16H13NO2. The summed E-state index contributed by atoms with van der Waals surface area (Å²) < 4.78 is 5.62. The van der Waals surface area contributed by atoms with E-state index in [9.17, 15) is 4.79 Å². The van der Waals surface area contributed by atoms with Crippen LogP contribution in [0.2, 0.25) is 0 Å². The highest BCUT2D eigenvalue weighted by Gasteiger charge is 2.02. The molecule has 19 heavy (non-hydrogen) atoms. The van der Waals surface area contributed by atoms with E-state index in [2.05, 4.69) is 6.07 Å². The number of nitrogens with zero attached hydrogens (tertiary/aromatic N) is 1. The molecule has 3 nitrogen and oxygen atoms in total. The largest absolute Gasteiger partial charge is 0.489 e.